The summed E-state index contributed by atoms with van der Waals surface area (Å²) in [5, 5.41) is 0. The molecule has 0 spiro atoms. The molecule has 2 heterocycles. The molecule has 0 bridgehead atoms. The van der Waals surface area contributed by atoms with Crippen molar-refractivity contribution in [2.24, 2.45) is 4.99 Å². The molecule has 1 aliphatic rings. The van der Waals surface area contributed by atoms with Gasteiger partial charge in [0.05, 0.1) is 46.1 Å². The molecule has 0 saturated carbocycles. The molecule has 0 N–H and O–H groups in total. The Bertz CT molecular complexity index is 1640. The Hall–Kier alpha value is -3.70. The third-order valence-electron chi connectivity index (χ3n) is 5.92. The molecule has 2 aromatic carbocycles. The van der Waals surface area contributed by atoms with Gasteiger partial charge in [0.25, 0.3) is 5.56 Å². The zero-order valence-corrected chi connectivity index (χ0v) is 25.1. The van der Waals surface area contributed by atoms with Crippen LogP contribution in [0.1, 0.15) is 44.9 Å². The molecule has 1 atom stereocenters. The van der Waals surface area contributed by atoms with Crippen LogP contribution in [0.25, 0.3) is 6.08 Å². The molecule has 0 amide bonds. The number of allylic oxidation sites excluding steroid dienone is 1. The zero-order valence-electron chi connectivity index (χ0n) is 22.7. The first-order valence-corrected chi connectivity index (χ1v) is 14.2. The third kappa shape index (κ3) is 6.37. The largest absolute Gasteiger partial charge is 0.497 e. The normalized spacial score (nSPS) is 15.0. The summed E-state index contributed by atoms with van der Waals surface area (Å²) in [6, 6.07) is 11.8. The average Bonchev–Trinajstić information content (AvgIpc) is 3.21. The first-order chi connectivity index (χ1) is 19.1. The van der Waals surface area contributed by atoms with Crippen molar-refractivity contribution in [1.82, 2.24) is 4.57 Å². The molecule has 0 aliphatic carbocycles. The molecule has 40 heavy (non-hydrogen) atoms. The third-order valence-corrected chi connectivity index (χ3v) is 7.52. The highest BCUT2D eigenvalue weighted by atomic mass is 79.9. The van der Waals surface area contributed by atoms with Crippen molar-refractivity contribution in [3.8, 4) is 11.5 Å². The second-order valence-corrected chi connectivity index (χ2v) is 11.0. The van der Waals surface area contributed by atoms with E-state index in [2.05, 4.69) is 20.9 Å². The SMILES string of the molecule is CCOC(=O)COc1ccc(C=c2sc3n(c2=O)C(c2ccc(OC)cc2)C(C(=O)OC(C)C)=C(C)N=3)cc1Br. The van der Waals surface area contributed by atoms with Crippen molar-refractivity contribution in [2.75, 3.05) is 20.3 Å². The summed E-state index contributed by atoms with van der Waals surface area (Å²) in [7, 11) is 1.57. The Labute approximate surface area is 243 Å². The van der Waals surface area contributed by atoms with E-state index in [1.165, 1.54) is 15.9 Å². The van der Waals surface area contributed by atoms with Crippen LogP contribution < -0.4 is 24.4 Å². The van der Waals surface area contributed by atoms with Crippen molar-refractivity contribution in [2.45, 2.75) is 39.8 Å². The van der Waals surface area contributed by atoms with E-state index in [1.54, 1.807) is 71.2 Å². The lowest BCUT2D eigenvalue weighted by Crippen LogP contribution is -2.40. The van der Waals surface area contributed by atoms with Crippen molar-refractivity contribution >= 4 is 45.3 Å². The van der Waals surface area contributed by atoms with Gasteiger partial charge in [0, 0.05) is 0 Å². The Morgan fingerprint density at radius 3 is 2.52 bits per heavy atom. The standard InChI is InChI=1S/C29H29BrN2O7S/c1-6-37-24(33)15-38-22-12-7-18(13-21(22)30)14-23-27(34)32-26(19-8-10-20(36-5)11-9-19)25(28(35)39-16(2)3)17(4)31-29(32)40-23/h7-14,16,26H,6,15H2,1-5H3. The van der Waals surface area contributed by atoms with Crippen LogP contribution in [0.15, 0.2) is 68.0 Å². The number of benzene rings is 2. The number of halogens is 1. The summed E-state index contributed by atoms with van der Waals surface area (Å²) in [5.74, 6) is 0.144. The van der Waals surface area contributed by atoms with Crippen LogP contribution >= 0.6 is 27.3 Å². The van der Waals surface area contributed by atoms with Gasteiger partial charge in [0.1, 0.15) is 11.5 Å². The molecule has 210 valence electrons. The van der Waals surface area contributed by atoms with Gasteiger partial charge in [-0.1, -0.05) is 29.5 Å². The predicted octanol–water partition coefficient (Wildman–Crippen LogP) is 3.90. The van der Waals surface area contributed by atoms with Crippen LogP contribution in [0.5, 0.6) is 11.5 Å². The Kier molecular flexibility index (Phi) is 9.26. The fourth-order valence-corrected chi connectivity index (χ4v) is 5.73. The number of fused-ring (bicyclic) bond motifs is 1. The maximum absolute atomic E-state index is 13.8. The fourth-order valence-electron chi connectivity index (χ4n) is 4.18. The predicted molar refractivity (Wildman–Crippen MR) is 154 cm³/mol. The minimum atomic E-state index is -0.721. The highest BCUT2D eigenvalue weighted by molar-refractivity contribution is 9.10. The molecule has 11 heteroatoms. The number of aromatic nitrogens is 1. The highest BCUT2D eigenvalue weighted by Gasteiger charge is 2.33. The van der Waals surface area contributed by atoms with Crippen LogP contribution in [0.3, 0.4) is 0 Å². The van der Waals surface area contributed by atoms with Gasteiger partial charge in [-0.2, -0.15) is 0 Å². The van der Waals surface area contributed by atoms with Crippen molar-refractivity contribution in [3.63, 3.8) is 0 Å². The summed E-state index contributed by atoms with van der Waals surface area (Å²) in [5.41, 5.74) is 1.97. The van der Waals surface area contributed by atoms with E-state index in [0.29, 0.717) is 36.6 Å². The quantitative estimate of drug-likeness (QED) is 0.331. The molecule has 0 saturated heterocycles. The summed E-state index contributed by atoms with van der Waals surface area (Å²) in [4.78, 5) is 43.7. The van der Waals surface area contributed by atoms with Gasteiger partial charge in [0.15, 0.2) is 11.4 Å². The number of esters is 2. The lowest BCUT2D eigenvalue weighted by Gasteiger charge is -2.25. The molecule has 3 aromatic rings. The number of hydrogen-bond donors (Lipinski definition) is 0. The van der Waals surface area contributed by atoms with E-state index < -0.39 is 18.0 Å². The number of ether oxygens (including phenoxy) is 4. The van der Waals surface area contributed by atoms with E-state index in [4.69, 9.17) is 18.9 Å². The molecule has 1 unspecified atom stereocenters. The molecular formula is C29H29BrN2O7S. The molecule has 0 radical (unpaired) electrons. The molecule has 1 aromatic heterocycles. The summed E-state index contributed by atoms with van der Waals surface area (Å²) < 4.78 is 23.8. The monoisotopic (exact) mass is 628 g/mol. The molecule has 9 nitrogen and oxygen atoms in total. The molecular weight excluding hydrogens is 600 g/mol. The number of hydrogen-bond acceptors (Lipinski definition) is 9. The number of rotatable bonds is 9. The topological polar surface area (TPSA) is 105 Å². The average molecular weight is 630 g/mol. The lowest BCUT2D eigenvalue weighted by atomic mass is 9.96. The van der Waals surface area contributed by atoms with Crippen LogP contribution in [0.2, 0.25) is 0 Å². The molecule has 0 fully saturated rings. The minimum absolute atomic E-state index is 0.212. The minimum Gasteiger partial charge on any atom is -0.497 e. The number of nitrogens with zero attached hydrogens (tertiary/aromatic N) is 2. The van der Waals surface area contributed by atoms with Crippen molar-refractivity contribution in [1.29, 1.82) is 0 Å². The fraction of sp³-hybridized carbons (Fsp3) is 0.310. The van der Waals surface area contributed by atoms with Gasteiger partial charge in [0.2, 0.25) is 0 Å². The first kappa shape index (κ1) is 29.3. The number of carbonyl (C=O) groups is 2. The van der Waals surface area contributed by atoms with Gasteiger partial charge in [-0.15, -0.1) is 0 Å². The van der Waals surface area contributed by atoms with Gasteiger partial charge < -0.3 is 18.9 Å². The highest BCUT2D eigenvalue weighted by Crippen LogP contribution is 2.32. The maximum Gasteiger partial charge on any atom is 0.344 e. The van der Waals surface area contributed by atoms with E-state index in [9.17, 15) is 14.4 Å². The van der Waals surface area contributed by atoms with Crippen LogP contribution in [0.4, 0.5) is 0 Å². The summed E-state index contributed by atoms with van der Waals surface area (Å²) in [6.45, 7) is 7.09. The molecule has 1 aliphatic heterocycles. The second kappa shape index (κ2) is 12.6. The van der Waals surface area contributed by atoms with E-state index >= 15 is 0 Å². The number of methoxy groups -OCH3 is 1. The van der Waals surface area contributed by atoms with Gasteiger partial charge >= 0.3 is 11.9 Å². The smallest absolute Gasteiger partial charge is 0.344 e. The Morgan fingerprint density at radius 1 is 1.18 bits per heavy atom. The number of carbonyl (C=O) groups excluding carboxylic acids is 2. The van der Waals surface area contributed by atoms with Crippen LogP contribution in [-0.2, 0) is 19.1 Å². The van der Waals surface area contributed by atoms with E-state index in [0.717, 1.165) is 11.1 Å². The Morgan fingerprint density at radius 2 is 1.90 bits per heavy atom. The maximum atomic E-state index is 13.8. The number of thiazole rings is 1. The van der Waals surface area contributed by atoms with E-state index in [-0.39, 0.29) is 24.9 Å². The van der Waals surface area contributed by atoms with Crippen molar-refractivity contribution in [3.05, 3.63) is 89.0 Å². The zero-order chi connectivity index (χ0) is 29.0. The van der Waals surface area contributed by atoms with E-state index in [1.807, 2.05) is 12.1 Å². The van der Waals surface area contributed by atoms with Gasteiger partial charge in [-0.3, -0.25) is 9.36 Å². The van der Waals surface area contributed by atoms with Gasteiger partial charge in [-0.25, -0.2) is 14.6 Å². The van der Waals surface area contributed by atoms with Gasteiger partial charge in [-0.05, 0) is 85.1 Å². The van der Waals surface area contributed by atoms with Crippen LogP contribution in [0, 0.1) is 0 Å². The van der Waals surface area contributed by atoms with Crippen molar-refractivity contribution < 1.29 is 28.5 Å². The second-order valence-electron chi connectivity index (χ2n) is 9.09. The first-order valence-electron chi connectivity index (χ1n) is 12.6. The summed E-state index contributed by atoms with van der Waals surface area (Å²) >= 11 is 4.70. The Balaban J connectivity index is 1.77. The summed E-state index contributed by atoms with van der Waals surface area (Å²) in [6.07, 6.45) is 1.41. The molecule has 4 rings (SSSR count). The van der Waals surface area contributed by atoms with Crippen LogP contribution in [-0.4, -0.2) is 42.9 Å². The lowest BCUT2D eigenvalue weighted by molar-refractivity contribution is -0.145.